The summed E-state index contributed by atoms with van der Waals surface area (Å²) in [6.45, 7) is 0.331. The zero-order valence-electron chi connectivity index (χ0n) is 10.2. The Labute approximate surface area is 116 Å². The normalized spacial score (nSPS) is 10.2. The molecule has 0 aliphatic rings. The van der Waals surface area contributed by atoms with E-state index in [2.05, 4.69) is 0 Å². The van der Waals surface area contributed by atoms with Crippen LogP contribution in [0.1, 0.15) is 21.5 Å². The SMILES string of the molecule is O=Cc1cccc(Cl)c1OCc1ccc(CO)cc1. The van der Waals surface area contributed by atoms with E-state index in [1.54, 1.807) is 18.2 Å². The number of carbonyl (C=O) groups is 1. The Hall–Kier alpha value is -1.84. The van der Waals surface area contributed by atoms with E-state index >= 15 is 0 Å². The molecule has 0 aliphatic carbocycles. The van der Waals surface area contributed by atoms with Gasteiger partial charge in [0.2, 0.25) is 0 Å². The van der Waals surface area contributed by atoms with Crippen LogP contribution >= 0.6 is 11.6 Å². The standard InChI is InChI=1S/C15H13ClO3/c16-14-3-1-2-13(9-18)15(14)19-10-12-6-4-11(8-17)5-7-12/h1-7,9,17H,8,10H2. The predicted octanol–water partition coefficient (Wildman–Crippen LogP) is 3.22. The number of aliphatic hydroxyl groups is 1. The average Bonchev–Trinajstić information content (AvgIpc) is 2.46. The molecule has 98 valence electrons. The van der Waals surface area contributed by atoms with Crippen molar-refractivity contribution < 1.29 is 14.6 Å². The van der Waals surface area contributed by atoms with Crippen molar-refractivity contribution in [3.8, 4) is 5.75 Å². The number of rotatable bonds is 5. The molecule has 0 atom stereocenters. The van der Waals surface area contributed by atoms with E-state index < -0.39 is 0 Å². The first-order valence-electron chi connectivity index (χ1n) is 5.79. The van der Waals surface area contributed by atoms with Crippen LogP contribution in [0.2, 0.25) is 5.02 Å². The van der Waals surface area contributed by atoms with E-state index in [0.29, 0.717) is 22.9 Å². The second-order valence-electron chi connectivity index (χ2n) is 4.04. The van der Waals surface area contributed by atoms with Crippen molar-refractivity contribution in [3.05, 3.63) is 64.2 Å². The van der Waals surface area contributed by atoms with Gasteiger partial charge in [-0.1, -0.05) is 41.9 Å². The highest BCUT2D eigenvalue weighted by molar-refractivity contribution is 6.32. The van der Waals surface area contributed by atoms with E-state index in [-0.39, 0.29) is 6.61 Å². The number of carbonyl (C=O) groups excluding carboxylic acids is 1. The van der Waals surface area contributed by atoms with Crippen molar-refractivity contribution in [2.24, 2.45) is 0 Å². The van der Waals surface area contributed by atoms with Gasteiger partial charge in [-0.2, -0.15) is 0 Å². The molecule has 0 saturated carbocycles. The van der Waals surface area contributed by atoms with Crippen molar-refractivity contribution in [1.82, 2.24) is 0 Å². The summed E-state index contributed by atoms with van der Waals surface area (Å²) in [5.74, 6) is 0.394. The lowest BCUT2D eigenvalue weighted by molar-refractivity contribution is 0.111. The van der Waals surface area contributed by atoms with Crippen LogP contribution in [0.3, 0.4) is 0 Å². The van der Waals surface area contributed by atoms with Crippen molar-refractivity contribution in [3.63, 3.8) is 0 Å². The van der Waals surface area contributed by atoms with Gasteiger partial charge in [0.1, 0.15) is 12.4 Å². The van der Waals surface area contributed by atoms with Gasteiger partial charge in [0.25, 0.3) is 0 Å². The van der Waals surface area contributed by atoms with E-state index in [9.17, 15) is 4.79 Å². The maximum absolute atomic E-state index is 10.9. The number of ether oxygens (including phenoxy) is 1. The van der Waals surface area contributed by atoms with Gasteiger partial charge in [-0.15, -0.1) is 0 Å². The number of aldehydes is 1. The van der Waals surface area contributed by atoms with Crippen LogP contribution in [0.15, 0.2) is 42.5 Å². The smallest absolute Gasteiger partial charge is 0.153 e. The van der Waals surface area contributed by atoms with Crippen molar-refractivity contribution >= 4 is 17.9 Å². The van der Waals surface area contributed by atoms with Crippen LogP contribution in [0.25, 0.3) is 0 Å². The highest BCUT2D eigenvalue weighted by Crippen LogP contribution is 2.28. The zero-order valence-corrected chi connectivity index (χ0v) is 10.9. The quantitative estimate of drug-likeness (QED) is 0.853. The molecule has 0 saturated heterocycles. The molecule has 0 radical (unpaired) electrons. The number of benzene rings is 2. The molecule has 19 heavy (non-hydrogen) atoms. The summed E-state index contributed by atoms with van der Waals surface area (Å²) in [5, 5.41) is 9.37. The molecule has 0 heterocycles. The molecule has 4 heteroatoms. The van der Waals surface area contributed by atoms with Gasteiger partial charge in [0, 0.05) is 0 Å². The minimum absolute atomic E-state index is 0.0148. The predicted molar refractivity (Wildman–Crippen MR) is 73.5 cm³/mol. The molecule has 0 bridgehead atoms. The lowest BCUT2D eigenvalue weighted by atomic mass is 10.1. The third-order valence-corrected chi connectivity index (χ3v) is 3.01. The van der Waals surface area contributed by atoms with Crippen LogP contribution in [-0.2, 0) is 13.2 Å². The molecular formula is C15H13ClO3. The third-order valence-electron chi connectivity index (χ3n) is 2.71. The highest BCUT2D eigenvalue weighted by Gasteiger charge is 2.07. The molecule has 0 amide bonds. The molecule has 0 aliphatic heterocycles. The first-order valence-corrected chi connectivity index (χ1v) is 6.17. The lowest BCUT2D eigenvalue weighted by Crippen LogP contribution is -1.99. The van der Waals surface area contributed by atoms with Crippen LogP contribution in [0.5, 0.6) is 5.75 Å². The van der Waals surface area contributed by atoms with E-state index in [0.717, 1.165) is 17.4 Å². The Kier molecular flexibility index (Phi) is 4.55. The lowest BCUT2D eigenvalue weighted by Gasteiger charge is -2.10. The Bertz CT molecular complexity index is 564. The molecule has 0 unspecified atom stereocenters. The van der Waals surface area contributed by atoms with Crippen LogP contribution < -0.4 is 4.74 Å². The second kappa shape index (κ2) is 6.36. The molecule has 2 rings (SSSR count). The maximum atomic E-state index is 10.9. The fourth-order valence-corrected chi connectivity index (χ4v) is 1.90. The van der Waals surface area contributed by atoms with Gasteiger partial charge >= 0.3 is 0 Å². The monoisotopic (exact) mass is 276 g/mol. The van der Waals surface area contributed by atoms with Gasteiger partial charge < -0.3 is 9.84 Å². The van der Waals surface area contributed by atoms with Crippen LogP contribution in [-0.4, -0.2) is 11.4 Å². The first-order chi connectivity index (χ1) is 9.24. The van der Waals surface area contributed by atoms with Gasteiger partial charge in [0.05, 0.1) is 17.2 Å². The molecule has 2 aromatic carbocycles. The highest BCUT2D eigenvalue weighted by atomic mass is 35.5. The summed E-state index contributed by atoms with van der Waals surface area (Å²) in [6, 6.07) is 12.4. The van der Waals surface area contributed by atoms with Gasteiger partial charge in [-0.3, -0.25) is 4.79 Å². The van der Waals surface area contributed by atoms with Crippen molar-refractivity contribution in [2.45, 2.75) is 13.2 Å². The Morgan fingerprint density at radius 1 is 1.11 bits per heavy atom. The van der Waals surface area contributed by atoms with Crippen LogP contribution in [0, 0.1) is 0 Å². The van der Waals surface area contributed by atoms with Crippen molar-refractivity contribution in [1.29, 1.82) is 0 Å². The van der Waals surface area contributed by atoms with E-state index in [1.165, 1.54) is 0 Å². The first kappa shape index (κ1) is 13.6. The van der Waals surface area contributed by atoms with Gasteiger partial charge in [-0.25, -0.2) is 0 Å². The fourth-order valence-electron chi connectivity index (χ4n) is 1.67. The molecule has 1 N–H and O–H groups in total. The Morgan fingerprint density at radius 3 is 2.42 bits per heavy atom. The largest absolute Gasteiger partial charge is 0.487 e. The fraction of sp³-hybridized carbons (Fsp3) is 0.133. The van der Waals surface area contributed by atoms with Crippen molar-refractivity contribution in [2.75, 3.05) is 0 Å². The zero-order chi connectivity index (χ0) is 13.7. The number of halogens is 1. The average molecular weight is 277 g/mol. The third kappa shape index (κ3) is 3.34. The summed E-state index contributed by atoms with van der Waals surface area (Å²) in [4.78, 5) is 10.9. The molecule has 3 nitrogen and oxygen atoms in total. The molecule has 0 spiro atoms. The minimum Gasteiger partial charge on any atom is -0.487 e. The molecule has 2 aromatic rings. The summed E-state index contributed by atoms with van der Waals surface area (Å²) in [5.41, 5.74) is 2.21. The minimum atomic E-state index is 0.0148. The summed E-state index contributed by atoms with van der Waals surface area (Å²) >= 11 is 6.01. The summed E-state index contributed by atoms with van der Waals surface area (Å²) in [7, 11) is 0. The number of hydrogen-bond donors (Lipinski definition) is 1. The Balaban J connectivity index is 2.11. The Morgan fingerprint density at radius 2 is 1.79 bits per heavy atom. The second-order valence-corrected chi connectivity index (χ2v) is 4.45. The summed E-state index contributed by atoms with van der Waals surface area (Å²) in [6.07, 6.45) is 0.718. The number of hydrogen-bond acceptors (Lipinski definition) is 3. The number of aliphatic hydroxyl groups excluding tert-OH is 1. The maximum Gasteiger partial charge on any atom is 0.153 e. The summed E-state index contributed by atoms with van der Waals surface area (Å²) < 4.78 is 5.59. The van der Waals surface area contributed by atoms with Crippen LogP contribution in [0.4, 0.5) is 0 Å². The van der Waals surface area contributed by atoms with E-state index in [1.807, 2.05) is 24.3 Å². The molecule has 0 aromatic heterocycles. The van der Waals surface area contributed by atoms with E-state index in [4.69, 9.17) is 21.4 Å². The van der Waals surface area contributed by atoms with Gasteiger partial charge in [-0.05, 0) is 23.3 Å². The molecular weight excluding hydrogens is 264 g/mol. The topological polar surface area (TPSA) is 46.5 Å². The molecule has 0 fully saturated rings. The number of para-hydroxylation sites is 1. The van der Waals surface area contributed by atoms with Gasteiger partial charge in [0.15, 0.2) is 6.29 Å².